The molecule has 4 heteroatoms. The fourth-order valence-corrected chi connectivity index (χ4v) is 0.988. The third kappa shape index (κ3) is 1.66. The van der Waals surface area contributed by atoms with Gasteiger partial charge in [-0.2, -0.15) is 0 Å². The summed E-state index contributed by atoms with van der Waals surface area (Å²) < 4.78 is 0. The van der Waals surface area contributed by atoms with Gasteiger partial charge in [0.2, 0.25) is 0 Å². The maximum absolute atomic E-state index is 10.6. The number of hydrogen-bond acceptors (Lipinski definition) is 2. The lowest BCUT2D eigenvalue weighted by atomic mass is 10.0. The molecule has 0 aliphatic carbocycles. The van der Waals surface area contributed by atoms with Crippen LogP contribution in [0.2, 0.25) is 0 Å². The first-order valence-electron chi connectivity index (χ1n) is 3.45. The van der Waals surface area contributed by atoms with E-state index in [-0.39, 0.29) is 16.7 Å². The van der Waals surface area contributed by atoms with E-state index in [9.17, 15) is 9.59 Å². The summed E-state index contributed by atoms with van der Waals surface area (Å²) in [6.07, 6.45) is 0. The molecule has 4 nitrogen and oxygen atoms in total. The zero-order valence-electron chi connectivity index (χ0n) is 6.65. The van der Waals surface area contributed by atoms with E-state index in [1.54, 1.807) is 0 Å². The van der Waals surface area contributed by atoms with E-state index in [2.05, 4.69) is 6.92 Å². The molecular weight excluding hydrogens is 172 g/mol. The zero-order chi connectivity index (χ0) is 10.0. The second kappa shape index (κ2) is 3.26. The van der Waals surface area contributed by atoms with Crippen LogP contribution in [0.25, 0.3) is 0 Å². The monoisotopic (exact) mass is 179 g/mol. The molecule has 0 fully saturated rings. The summed E-state index contributed by atoms with van der Waals surface area (Å²) in [6.45, 7) is 3.40. The van der Waals surface area contributed by atoms with E-state index in [1.165, 1.54) is 18.2 Å². The lowest BCUT2D eigenvalue weighted by Crippen LogP contribution is -2.06. The van der Waals surface area contributed by atoms with E-state index >= 15 is 0 Å². The van der Waals surface area contributed by atoms with Crippen LogP contribution in [0.3, 0.4) is 0 Å². The minimum Gasteiger partial charge on any atom is -0.478 e. The van der Waals surface area contributed by atoms with Gasteiger partial charge >= 0.3 is 11.9 Å². The molecule has 1 radical (unpaired) electrons. The minimum absolute atomic E-state index is 0.0301. The zero-order valence-corrected chi connectivity index (χ0v) is 6.65. The van der Waals surface area contributed by atoms with Crippen LogP contribution < -0.4 is 0 Å². The van der Waals surface area contributed by atoms with Gasteiger partial charge in [0.05, 0.1) is 11.1 Å². The molecule has 0 aromatic heterocycles. The van der Waals surface area contributed by atoms with Crippen LogP contribution in [0.1, 0.15) is 26.3 Å². The first kappa shape index (κ1) is 9.25. The Morgan fingerprint density at radius 3 is 1.77 bits per heavy atom. The van der Waals surface area contributed by atoms with Crippen LogP contribution >= 0.6 is 0 Å². The summed E-state index contributed by atoms with van der Waals surface area (Å²) in [4.78, 5) is 21.1. The predicted octanol–water partition coefficient (Wildman–Crippen LogP) is 1.27. The van der Waals surface area contributed by atoms with Gasteiger partial charge in [0.15, 0.2) is 0 Å². The van der Waals surface area contributed by atoms with Gasteiger partial charge in [-0.25, -0.2) is 9.59 Å². The average molecular weight is 179 g/mol. The van der Waals surface area contributed by atoms with Gasteiger partial charge in [-0.15, -0.1) is 0 Å². The van der Waals surface area contributed by atoms with Crippen LogP contribution in [-0.2, 0) is 0 Å². The topological polar surface area (TPSA) is 74.6 Å². The van der Waals surface area contributed by atoms with Crippen molar-refractivity contribution >= 4 is 11.9 Å². The Bertz CT molecular complexity index is 336. The van der Waals surface area contributed by atoms with E-state index in [0.29, 0.717) is 0 Å². The number of rotatable bonds is 2. The minimum atomic E-state index is -1.17. The van der Waals surface area contributed by atoms with Crippen molar-refractivity contribution in [2.75, 3.05) is 0 Å². The SMILES string of the molecule is [CH2]c1c(C(=O)O)cccc1C(=O)O. The Labute approximate surface area is 74.4 Å². The number of benzene rings is 1. The third-order valence-corrected chi connectivity index (χ3v) is 1.64. The summed E-state index contributed by atoms with van der Waals surface area (Å²) in [5, 5.41) is 17.3. The van der Waals surface area contributed by atoms with E-state index in [0.717, 1.165) is 0 Å². The van der Waals surface area contributed by atoms with Gasteiger partial charge in [-0.1, -0.05) is 6.07 Å². The fourth-order valence-electron chi connectivity index (χ4n) is 0.988. The van der Waals surface area contributed by atoms with Crippen LogP contribution in [0, 0.1) is 6.92 Å². The first-order chi connectivity index (χ1) is 6.04. The molecular formula is C9H7O4. The van der Waals surface area contributed by atoms with Crippen molar-refractivity contribution in [3.63, 3.8) is 0 Å². The van der Waals surface area contributed by atoms with Crippen molar-refractivity contribution in [2.45, 2.75) is 0 Å². The van der Waals surface area contributed by atoms with Gasteiger partial charge < -0.3 is 10.2 Å². The van der Waals surface area contributed by atoms with Crippen LogP contribution in [0.15, 0.2) is 18.2 Å². The average Bonchev–Trinajstić information content (AvgIpc) is 2.03. The highest BCUT2D eigenvalue weighted by molar-refractivity contribution is 5.96. The summed E-state index contributed by atoms with van der Waals surface area (Å²) in [7, 11) is 0. The molecule has 0 saturated heterocycles. The summed E-state index contributed by atoms with van der Waals surface area (Å²) >= 11 is 0. The molecule has 1 rings (SSSR count). The highest BCUT2D eigenvalue weighted by Gasteiger charge is 2.13. The fraction of sp³-hybridized carbons (Fsp3) is 0. The highest BCUT2D eigenvalue weighted by atomic mass is 16.4. The molecule has 2 N–H and O–H groups in total. The quantitative estimate of drug-likeness (QED) is 0.716. The summed E-state index contributed by atoms with van der Waals surface area (Å²) in [5.74, 6) is -2.35. The molecule has 0 saturated carbocycles. The Hall–Kier alpha value is -1.84. The molecule has 67 valence electrons. The standard InChI is InChI=1S/C9H7O4/c1-5-6(8(10)11)3-2-4-7(5)9(12)13/h2-4H,1H2,(H,10,11)(H,12,13). The Morgan fingerprint density at radius 2 is 1.46 bits per heavy atom. The predicted molar refractivity (Wildman–Crippen MR) is 44.8 cm³/mol. The number of hydrogen-bond donors (Lipinski definition) is 2. The van der Waals surface area contributed by atoms with E-state index in [4.69, 9.17) is 10.2 Å². The number of carboxylic acids is 2. The number of aromatic carboxylic acids is 2. The van der Waals surface area contributed by atoms with Crippen molar-refractivity contribution in [3.05, 3.63) is 41.8 Å². The van der Waals surface area contributed by atoms with E-state index in [1.807, 2.05) is 0 Å². The summed E-state index contributed by atoms with van der Waals surface area (Å²) in [5.41, 5.74) is -0.137. The Balaban J connectivity index is 3.35. The molecule has 0 unspecified atom stereocenters. The maximum Gasteiger partial charge on any atom is 0.335 e. The summed E-state index contributed by atoms with van der Waals surface area (Å²) in [6, 6.07) is 4.01. The first-order valence-corrected chi connectivity index (χ1v) is 3.45. The van der Waals surface area contributed by atoms with Crippen molar-refractivity contribution in [1.82, 2.24) is 0 Å². The van der Waals surface area contributed by atoms with Gasteiger partial charge in [0, 0.05) is 0 Å². The van der Waals surface area contributed by atoms with Gasteiger partial charge in [-0.05, 0) is 24.6 Å². The molecule has 0 bridgehead atoms. The molecule has 0 aliphatic heterocycles. The van der Waals surface area contributed by atoms with Crippen molar-refractivity contribution < 1.29 is 19.8 Å². The Morgan fingerprint density at radius 1 is 1.08 bits per heavy atom. The Kier molecular flexibility index (Phi) is 2.32. The van der Waals surface area contributed by atoms with Crippen molar-refractivity contribution in [3.8, 4) is 0 Å². The molecule has 1 aromatic carbocycles. The molecule has 0 aliphatic rings. The molecule has 0 atom stereocenters. The normalized spacial score (nSPS) is 9.62. The third-order valence-electron chi connectivity index (χ3n) is 1.64. The lowest BCUT2D eigenvalue weighted by Gasteiger charge is -2.03. The van der Waals surface area contributed by atoms with E-state index < -0.39 is 11.9 Å². The lowest BCUT2D eigenvalue weighted by molar-refractivity contribution is 0.0696. The maximum atomic E-state index is 10.6. The van der Waals surface area contributed by atoms with Gasteiger partial charge in [0.1, 0.15) is 0 Å². The smallest absolute Gasteiger partial charge is 0.335 e. The largest absolute Gasteiger partial charge is 0.478 e. The molecule has 1 aromatic rings. The second-order valence-electron chi connectivity index (χ2n) is 2.44. The molecule has 0 amide bonds. The molecule has 13 heavy (non-hydrogen) atoms. The number of carbonyl (C=O) groups is 2. The molecule has 0 spiro atoms. The van der Waals surface area contributed by atoms with Crippen LogP contribution in [0.4, 0.5) is 0 Å². The van der Waals surface area contributed by atoms with Crippen molar-refractivity contribution in [2.24, 2.45) is 0 Å². The second-order valence-corrected chi connectivity index (χ2v) is 2.44. The van der Waals surface area contributed by atoms with Crippen LogP contribution in [-0.4, -0.2) is 22.2 Å². The van der Waals surface area contributed by atoms with Crippen LogP contribution in [0.5, 0.6) is 0 Å². The highest BCUT2D eigenvalue weighted by Crippen LogP contribution is 2.13. The van der Waals surface area contributed by atoms with Crippen molar-refractivity contribution in [1.29, 1.82) is 0 Å². The number of carboxylic acid groups (broad SMARTS) is 2. The molecule has 0 heterocycles. The van der Waals surface area contributed by atoms with Gasteiger partial charge in [0.25, 0.3) is 0 Å². The van der Waals surface area contributed by atoms with Gasteiger partial charge in [-0.3, -0.25) is 0 Å².